The fourth-order valence-electron chi connectivity index (χ4n) is 4.38. The van der Waals surface area contributed by atoms with E-state index >= 15 is 0 Å². The molecule has 0 bridgehead atoms. The van der Waals surface area contributed by atoms with Gasteiger partial charge < -0.3 is 0 Å². The molecule has 12 nitrogen and oxygen atoms in total. The number of hydrogen-bond donors (Lipinski definition) is 1. The molecule has 1 aromatic carbocycles. The Labute approximate surface area is 239 Å². The molecule has 2 aliphatic rings. The molecule has 0 unspecified atom stereocenters. The minimum absolute atomic E-state index is 0.0184. The van der Waals surface area contributed by atoms with Gasteiger partial charge in [0.05, 0.1) is 0 Å². The third-order valence-electron chi connectivity index (χ3n) is 6.68. The summed E-state index contributed by atoms with van der Waals surface area (Å²) in [5.74, 6) is -0.461. The molecule has 13 heteroatoms. The summed E-state index contributed by atoms with van der Waals surface area (Å²) >= 11 is 0. The van der Waals surface area contributed by atoms with E-state index in [1.807, 2.05) is 37.3 Å². The number of amides is 3. The van der Waals surface area contributed by atoms with Crippen LogP contribution in [-0.4, -0.2) is 95.8 Å². The van der Waals surface area contributed by atoms with Crippen LogP contribution in [0, 0.1) is 5.63 Å². The van der Waals surface area contributed by atoms with Crippen molar-refractivity contribution in [2.24, 2.45) is 0 Å². The molecule has 0 radical (unpaired) electrons. The van der Waals surface area contributed by atoms with Gasteiger partial charge in [0.15, 0.2) is 0 Å². The number of rotatable bonds is 10. The van der Waals surface area contributed by atoms with Gasteiger partial charge in [0.1, 0.15) is 0 Å². The van der Waals surface area contributed by atoms with E-state index in [9.17, 15) is 18.9 Å². The van der Waals surface area contributed by atoms with E-state index in [0.29, 0.717) is 50.7 Å². The van der Waals surface area contributed by atoms with Crippen molar-refractivity contribution in [1.29, 1.82) is 0 Å². The molecule has 2 aromatic rings. The van der Waals surface area contributed by atoms with Crippen LogP contribution < -0.4 is 10.1 Å². The van der Waals surface area contributed by atoms with Crippen LogP contribution in [0.15, 0.2) is 36.4 Å². The Balaban J connectivity index is 1.47. The molecule has 3 heterocycles. The van der Waals surface area contributed by atoms with E-state index in [2.05, 4.69) is 20.9 Å². The molecule has 41 heavy (non-hydrogen) atoms. The molecule has 0 spiro atoms. The number of piperazine rings is 1. The number of benzene rings is 1. The van der Waals surface area contributed by atoms with Crippen molar-refractivity contribution in [3.8, 4) is 22.9 Å². The van der Waals surface area contributed by atoms with Gasteiger partial charge >= 0.3 is 226 Å². The van der Waals surface area contributed by atoms with Crippen molar-refractivity contribution >= 4 is 25.8 Å². The van der Waals surface area contributed by atoms with Crippen LogP contribution in [0.4, 0.5) is 4.79 Å². The Morgan fingerprint density at radius 1 is 1.15 bits per heavy atom. The van der Waals surface area contributed by atoms with Crippen molar-refractivity contribution in [3.05, 3.63) is 42.1 Å². The van der Waals surface area contributed by atoms with E-state index in [-0.39, 0.29) is 51.0 Å². The summed E-state index contributed by atoms with van der Waals surface area (Å²) in [5.41, 5.74) is 3.29. The Bertz CT molecular complexity index is 1310. The fourth-order valence-corrected chi connectivity index (χ4v) is 4.64. The summed E-state index contributed by atoms with van der Waals surface area (Å²) in [4.78, 5) is 51.1. The zero-order valence-corrected chi connectivity index (χ0v) is 23.9. The maximum absolute atomic E-state index is 13.4. The SMILES string of the molecule is CCCCOC(=O)N1CCN(C(=O)[C@H](CC#P=O)NC(=O)c2cc(O[C@H]3CCOC3)nc(-c3ccccc3)n2)CC1. The molecule has 0 saturated carbocycles. The van der Waals surface area contributed by atoms with Gasteiger partial charge in [0.25, 0.3) is 0 Å². The number of carbonyl (C=O) groups excluding carboxylic acids is 3. The van der Waals surface area contributed by atoms with Crippen molar-refractivity contribution in [2.45, 2.75) is 44.8 Å². The first-order valence-corrected chi connectivity index (χ1v) is 14.5. The third-order valence-corrected chi connectivity index (χ3v) is 6.99. The quantitative estimate of drug-likeness (QED) is 0.330. The average molecular weight is 584 g/mol. The first-order valence-electron chi connectivity index (χ1n) is 13.7. The second-order valence-electron chi connectivity index (χ2n) is 9.64. The number of aromatic nitrogens is 2. The number of carbonyl (C=O) groups is 3. The van der Waals surface area contributed by atoms with Crippen LogP contribution in [0.1, 0.15) is 43.1 Å². The fraction of sp³-hybridized carbons (Fsp3) is 0.500. The number of ether oxygens (including phenoxy) is 3. The second-order valence-corrected chi connectivity index (χ2v) is 10.1. The molecule has 2 fully saturated rings. The monoisotopic (exact) mass is 583 g/mol. The van der Waals surface area contributed by atoms with E-state index in [1.54, 1.807) is 9.80 Å². The summed E-state index contributed by atoms with van der Waals surface area (Å²) in [6.45, 7) is 4.54. The van der Waals surface area contributed by atoms with Crippen LogP contribution in [0.25, 0.3) is 11.4 Å². The van der Waals surface area contributed by atoms with E-state index in [0.717, 1.165) is 12.8 Å². The summed E-state index contributed by atoms with van der Waals surface area (Å²) in [6.07, 6.45) is 1.75. The predicted octanol–water partition coefficient (Wildman–Crippen LogP) is 3.13. The summed E-state index contributed by atoms with van der Waals surface area (Å²) in [7, 11) is -0.380. The van der Waals surface area contributed by atoms with E-state index in [4.69, 9.17) is 14.2 Å². The van der Waals surface area contributed by atoms with E-state index in [1.165, 1.54) is 6.07 Å². The summed E-state index contributed by atoms with van der Waals surface area (Å²) < 4.78 is 27.8. The minimum atomic E-state index is -1.03. The molecule has 2 saturated heterocycles. The van der Waals surface area contributed by atoms with Gasteiger partial charge in [-0.25, -0.2) is 0 Å². The Kier molecular flexibility index (Phi) is 11.3. The van der Waals surface area contributed by atoms with Gasteiger partial charge in [0.2, 0.25) is 0 Å². The molecule has 218 valence electrons. The normalized spacial score (nSPS) is 17.3. The number of hydrogen-bond acceptors (Lipinski definition) is 9. The van der Waals surface area contributed by atoms with Crippen molar-refractivity contribution in [2.75, 3.05) is 46.0 Å². The second kappa shape index (κ2) is 15.3. The summed E-state index contributed by atoms with van der Waals surface area (Å²) in [6, 6.07) is 9.58. The Morgan fingerprint density at radius 2 is 1.90 bits per heavy atom. The van der Waals surface area contributed by atoms with Crippen molar-refractivity contribution in [1.82, 2.24) is 25.1 Å². The molecule has 2 atom stereocenters. The molecule has 0 aliphatic carbocycles. The number of unbranched alkanes of at least 4 members (excludes halogenated alkanes) is 1. The Morgan fingerprint density at radius 3 is 2.59 bits per heavy atom. The molecule has 1 N–H and O–H groups in total. The van der Waals surface area contributed by atoms with Gasteiger partial charge in [-0.3, -0.25) is 0 Å². The van der Waals surface area contributed by atoms with Crippen LogP contribution in [0.2, 0.25) is 0 Å². The van der Waals surface area contributed by atoms with Gasteiger partial charge in [-0.05, 0) is 0 Å². The van der Waals surface area contributed by atoms with Crippen molar-refractivity contribution < 1.29 is 33.2 Å². The van der Waals surface area contributed by atoms with Gasteiger partial charge in [-0.15, -0.1) is 0 Å². The standard InChI is InChI=1S/C28H34N5O7P/c1-2-3-15-39-28(36)33-13-11-32(12-14-33)27(35)22(10-17-41-37)30-26(34)23-18-24(40-21-9-16-38-19-21)31-25(29-23)20-7-5-4-6-8-20/h4-8,18,21-22H,2-3,9-16,19H2,1H3,(H,30,34)/t21-,22-/m0/s1. The average Bonchev–Trinajstić information content (AvgIpc) is 3.52. The zero-order valence-electron chi connectivity index (χ0n) is 23.0. The molecular weight excluding hydrogens is 549 g/mol. The van der Waals surface area contributed by atoms with E-state index < -0.39 is 18.0 Å². The first kappa shape index (κ1) is 30.2. The molecular formula is C28H34N5O7P. The van der Waals surface area contributed by atoms with Crippen LogP contribution >= 0.6 is 7.92 Å². The van der Waals surface area contributed by atoms with Crippen molar-refractivity contribution in [3.63, 3.8) is 0 Å². The first-order chi connectivity index (χ1) is 20.0. The topological polar surface area (TPSA) is 140 Å². The van der Waals surface area contributed by atoms with Gasteiger partial charge in [-0.2, -0.15) is 0 Å². The predicted molar refractivity (Wildman–Crippen MR) is 149 cm³/mol. The maximum atomic E-state index is 13.4. The van der Waals surface area contributed by atoms with Crippen LogP contribution in [0.5, 0.6) is 5.88 Å². The molecule has 1 aromatic heterocycles. The Hall–Kier alpha value is -3.72. The molecule has 4 rings (SSSR count). The van der Waals surface area contributed by atoms with Crippen LogP contribution in [0.3, 0.4) is 0 Å². The third kappa shape index (κ3) is 8.63. The molecule has 3 amide bonds. The van der Waals surface area contributed by atoms with Crippen LogP contribution in [-0.2, 0) is 18.8 Å². The number of nitrogens with one attached hydrogen (secondary N) is 1. The van der Waals surface area contributed by atoms with Gasteiger partial charge in [0, 0.05) is 0 Å². The zero-order chi connectivity index (χ0) is 29.0. The molecule has 2 aliphatic heterocycles. The number of nitrogens with zero attached hydrogens (tertiary/aromatic N) is 4. The summed E-state index contributed by atoms with van der Waals surface area (Å²) in [5, 5.41) is 2.72. The van der Waals surface area contributed by atoms with Gasteiger partial charge in [-0.1, -0.05) is 13.3 Å².